The van der Waals surface area contributed by atoms with Crippen LogP contribution in [-0.4, -0.2) is 35.0 Å². The van der Waals surface area contributed by atoms with Gasteiger partial charge in [-0.05, 0) is 31.2 Å². The minimum Gasteiger partial charge on any atom is -0.367 e. The highest BCUT2D eigenvalue weighted by Crippen LogP contribution is 2.33. The van der Waals surface area contributed by atoms with Crippen molar-refractivity contribution in [2.24, 2.45) is 5.10 Å². The lowest BCUT2D eigenvalue weighted by atomic mass is 9.97. The second-order valence-corrected chi connectivity index (χ2v) is 6.67. The second-order valence-electron chi connectivity index (χ2n) is 5.58. The lowest BCUT2D eigenvalue weighted by Crippen LogP contribution is -2.23. The normalized spacial score (nSPS) is 14.8. The summed E-state index contributed by atoms with van der Waals surface area (Å²) in [6, 6.07) is 0. The smallest absolute Gasteiger partial charge is 0.283 e. The van der Waals surface area contributed by atoms with Crippen LogP contribution in [0.2, 0.25) is 0 Å². The standard InChI is InChI=1S/C15H20N4OS/c1-4-12-17-14-13(10-7-5-6-8-11(10)21-14)15(20)19(12)16-9-18(2)3/h9H,4-8H2,1-3H3/b16-9+. The first-order valence-electron chi connectivity index (χ1n) is 7.39. The van der Waals surface area contributed by atoms with Gasteiger partial charge in [0.2, 0.25) is 0 Å². The Morgan fingerprint density at radius 2 is 2.14 bits per heavy atom. The van der Waals surface area contributed by atoms with E-state index in [1.165, 1.54) is 21.5 Å². The maximum Gasteiger partial charge on any atom is 0.283 e. The van der Waals surface area contributed by atoms with Gasteiger partial charge in [0.05, 0.1) is 5.39 Å². The van der Waals surface area contributed by atoms with Crippen molar-refractivity contribution in [3.8, 4) is 0 Å². The van der Waals surface area contributed by atoms with E-state index in [4.69, 9.17) is 0 Å². The Morgan fingerprint density at radius 3 is 2.86 bits per heavy atom. The van der Waals surface area contributed by atoms with Crippen molar-refractivity contribution in [1.82, 2.24) is 14.6 Å². The fourth-order valence-electron chi connectivity index (χ4n) is 2.74. The van der Waals surface area contributed by atoms with Crippen LogP contribution in [0.15, 0.2) is 9.90 Å². The topological polar surface area (TPSA) is 50.5 Å². The highest BCUT2D eigenvalue weighted by atomic mass is 32.1. The minimum absolute atomic E-state index is 0.0191. The highest BCUT2D eigenvalue weighted by molar-refractivity contribution is 7.18. The van der Waals surface area contributed by atoms with E-state index < -0.39 is 0 Å². The van der Waals surface area contributed by atoms with Crippen LogP contribution in [-0.2, 0) is 19.3 Å². The van der Waals surface area contributed by atoms with Gasteiger partial charge in [-0.2, -0.15) is 9.78 Å². The van der Waals surface area contributed by atoms with Crippen LogP contribution in [0.3, 0.4) is 0 Å². The van der Waals surface area contributed by atoms with Gasteiger partial charge in [-0.1, -0.05) is 6.92 Å². The second kappa shape index (κ2) is 5.60. The lowest BCUT2D eigenvalue weighted by Gasteiger charge is -2.11. The third-order valence-corrected chi connectivity index (χ3v) is 4.93. The van der Waals surface area contributed by atoms with Crippen molar-refractivity contribution in [1.29, 1.82) is 0 Å². The zero-order valence-corrected chi connectivity index (χ0v) is 13.5. The number of rotatable bonds is 3. The van der Waals surface area contributed by atoms with Gasteiger partial charge in [-0.15, -0.1) is 11.3 Å². The molecule has 3 rings (SSSR count). The number of hydrogen-bond donors (Lipinski definition) is 0. The molecule has 5 nitrogen and oxygen atoms in total. The van der Waals surface area contributed by atoms with Crippen molar-refractivity contribution in [2.75, 3.05) is 14.1 Å². The predicted molar refractivity (Wildman–Crippen MR) is 87.5 cm³/mol. The van der Waals surface area contributed by atoms with E-state index >= 15 is 0 Å². The summed E-state index contributed by atoms with van der Waals surface area (Å²) < 4.78 is 1.46. The average Bonchev–Trinajstić information content (AvgIpc) is 2.84. The first kappa shape index (κ1) is 14.3. The van der Waals surface area contributed by atoms with E-state index in [-0.39, 0.29) is 5.56 Å². The molecule has 0 saturated heterocycles. The summed E-state index contributed by atoms with van der Waals surface area (Å²) >= 11 is 1.69. The van der Waals surface area contributed by atoms with Crippen LogP contribution in [0.25, 0.3) is 10.2 Å². The maximum absolute atomic E-state index is 12.9. The van der Waals surface area contributed by atoms with Gasteiger partial charge in [0, 0.05) is 25.4 Å². The van der Waals surface area contributed by atoms with Crippen molar-refractivity contribution in [2.45, 2.75) is 39.0 Å². The maximum atomic E-state index is 12.9. The molecule has 2 aromatic heterocycles. The van der Waals surface area contributed by atoms with Gasteiger partial charge in [-0.3, -0.25) is 4.79 Å². The molecule has 2 aromatic rings. The van der Waals surface area contributed by atoms with Crippen molar-refractivity contribution < 1.29 is 0 Å². The Hall–Kier alpha value is -1.69. The molecule has 1 aliphatic rings. The Kier molecular flexibility index (Phi) is 3.80. The first-order valence-corrected chi connectivity index (χ1v) is 8.20. The van der Waals surface area contributed by atoms with Gasteiger partial charge in [0.15, 0.2) is 0 Å². The van der Waals surface area contributed by atoms with Crippen molar-refractivity contribution >= 4 is 27.9 Å². The Bertz CT molecular complexity index is 757. The van der Waals surface area contributed by atoms with Gasteiger partial charge >= 0.3 is 0 Å². The Balaban J connectivity index is 2.27. The van der Waals surface area contributed by atoms with Gasteiger partial charge in [0.1, 0.15) is 17.0 Å². The van der Waals surface area contributed by atoms with E-state index in [9.17, 15) is 4.79 Å². The SMILES string of the molecule is CCc1nc2sc3c(c2c(=O)n1/N=C/N(C)C)CCCC3. The quantitative estimate of drug-likeness (QED) is 0.645. The zero-order chi connectivity index (χ0) is 15.0. The molecule has 2 heterocycles. The van der Waals surface area contributed by atoms with Crippen LogP contribution in [0.1, 0.15) is 36.0 Å². The number of nitrogens with zero attached hydrogens (tertiary/aromatic N) is 4. The number of thiophene rings is 1. The van der Waals surface area contributed by atoms with Crippen LogP contribution in [0.5, 0.6) is 0 Å². The lowest BCUT2D eigenvalue weighted by molar-refractivity contribution is 0.623. The molecule has 1 aliphatic carbocycles. The fraction of sp³-hybridized carbons (Fsp3) is 0.533. The molecule has 0 N–H and O–H groups in total. The molecule has 0 spiro atoms. The van der Waals surface area contributed by atoms with E-state index in [1.54, 1.807) is 17.7 Å². The molecule has 0 atom stereocenters. The van der Waals surface area contributed by atoms with E-state index in [2.05, 4.69) is 10.1 Å². The first-order chi connectivity index (χ1) is 10.1. The summed E-state index contributed by atoms with van der Waals surface area (Å²) in [6.45, 7) is 2.00. The van der Waals surface area contributed by atoms with Crippen LogP contribution in [0.4, 0.5) is 0 Å². The van der Waals surface area contributed by atoms with E-state index in [0.29, 0.717) is 6.42 Å². The molecular formula is C15H20N4OS. The van der Waals surface area contributed by atoms with Crippen LogP contribution >= 0.6 is 11.3 Å². The molecule has 0 amide bonds. The number of hydrogen-bond acceptors (Lipinski definition) is 4. The number of aryl methyl sites for hydroxylation is 3. The van der Waals surface area contributed by atoms with Gasteiger partial charge in [-0.25, -0.2) is 4.98 Å². The van der Waals surface area contributed by atoms with E-state index in [1.807, 2.05) is 25.9 Å². The molecule has 0 saturated carbocycles. The molecule has 0 fully saturated rings. The monoisotopic (exact) mass is 304 g/mol. The predicted octanol–water partition coefficient (Wildman–Crippen LogP) is 2.25. The fourth-order valence-corrected chi connectivity index (χ4v) is 4.01. The molecule has 0 radical (unpaired) electrons. The summed E-state index contributed by atoms with van der Waals surface area (Å²) in [4.78, 5) is 21.6. The number of aromatic nitrogens is 2. The molecule has 0 unspecified atom stereocenters. The van der Waals surface area contributed by atoms with Gasteiger partial charge in [0.25, 0.3) is 5.56 Å². The summed E-state index contributed by atoms with van der Waals surface area (Å²) in [6.07, 6.45) is 6.79. The van der Waals surface area contributed by atoms with Crippen molar-refractivity contribution in [3.63, 3.8) is 0 Å². The molecule has 21 heavy (non-hydrogen) atoms. The zero-order valence-electron chi connectivity index (χ0n) is 12.7. The van der Waals surface area contributed by atoms with Crippen LogP contribution in [0, 0.1) is 0 Å². The molecule has 0 aliphatic heterocycles. The average molecular weight is 304 g/mol. The minimum atomic E-state index is -0.0191. The molecule has 0 bridgehead atoms. The molecular weight excluding hydrogens is 284 g/mol. The summed E-state index contributed by atoms with van der Waals surface area (Å²) in [7, 11) is 3.77. The highest BCUT2D eigenvalue weighted by Gasteiger charge is 2.21. The molecule has 112 valence electrons. The van der Waals surface area contributed by atoms with Crippen LogP contribution < -0.4 is 5.56 Å². The number of fused-ring (bicyclic) bond motifs is 3. The summed E-state index contributed by atoms with van der Waals surface area (Å²) in [5, 5.41) is 5.10. The third-order valence-electron chi connectivity index (χ3n) is 3.75. The Labute approximate surface area is 127 Å². The van der Waals surface area contributed by atoms with Crippen molar-refractivity contribution in [3.05, 3.63) is 26.6 Å². The van der Waals surface area contributed by atoms with E-state index in [0.717, 1.165) is 35.3 Å². The van der Waals surface area contributed by atoms with Gasteiger partial charge < -0.3 is 4.90 Å². The molecule has 6 heteroatoms. The molecule has 0 aromatic carbocycles. The summed E-state index contributed by atoms with van der Waals surface area (Å²) in [5.74, 6) is 0.726. The largest absolute Gasteiger partial charge is 0.367 e. The third kappa shape index (κ3) is 2.48. The Morgan fingerprint density at radius 1 is 1.38 bits per heavy atom. The summed E-state index contributed by atoms with van der Waals surface area (Å²) in [5.41, 5.74) is 1.20.